The van der Waals surface area contributed by atoms with Crippen LogP contribution < -0.4 is 5.73 Å². The molecule has 2 aromatic carbocycles. The molecule has 1 amide bonds. The fourth-order valence-electron chi connectivity index (χ4n) is 1.93. The summed E-state index contributed by atoms with van der Waals surface area (Å²) >= 11 is 10.7. The molecule has 2 aromatic rings. The lowest BCUT2D eigenvalue weighted by molar-refractivity contribution is 0.0785. The standard InChI is InChI=1S/C16H15ClN2OS/c1-19(10-11-2-8-14(17)9-3-11)16(20)13-6-4-12(5-7-13)15(18)21/h2-9H,10H2,1H3,(H2,18,21). The first kappa shape index (κ1) is 15.5. The van der Waals surface area contributed by atoms with Crippen molar-refractivity contribution >= 4 is 34.7 Å². The van der Waals surface area contributed by atoms with E-state index in [4.69, 9.17) is 29.6 Å². The van der Waals surface area contributed by atoms with Gasteiger partial charge < -0.3 is 10.6 Å². The van der Waals surface area contributed by atoms with Crippen LogP contribution in [0.4, 0.5) is 0 Å². The van der Waals surface area contributed by atoms with Gasteiger partial charge in [0.1, 0.15) is 4.99 Å². The molecular formula is C16H15ClN2OS. The number of carbonyl (C=O) groups excluding carboxylic acids is 1. The van der Waals surface area contributed by atoms with Crippen LogP contribution in [0.25, 0.3) is 0 Å². The summed E-state index contributed by atoms with van der Waals surface area (Å²) in [6, 6.07) is 14.4. The Bertz CT molecular complexity index is 653. The number of carbonyl (C=O) groups is 1. The zero-order valence-corrected chi connectivity index (χ0v) is 13.1. The third-order valence-electron chi connectivity index (χ3n) is 3.10. The predicted molar refractivity (Wildman–Crippen MR) is 89.6 cm³/mol. The summed E-state index contributed by atoms with van der Waals surface area (Å²) in [5.74, 6) is -0.0561. The summed E-state index contributed by atoms with van der Waals surface area (Å²) in [5, 5.41) is 0.682. The molecule has 0 radical (unpaired) electrons. The van der Waals surface area contributed by atoms with Gasteiger partial charge in [-0.25, -0.2) is 0 Å². The number of nitrogens with two attached hydrogens (primary N) is 1. The van der Waals surface area contributed by atoms with Crippen LogP contribution in [0, 0.1) is 0 Å². The Morgan fingerprint density at radius 1 is 1.10 bits per heavy atom. The minimum atomic E-state index is -0.0561. The first-order chi connectivity index (χ1) is 9.97. The second kappa shape index (κ2) is 6.70. The highest BCUT2D eigenvalue weighted by Crippen LogP contribution is 2.13. The second-order valence-electron chi connectivity index (χ2n) is 4.73. The number of thiocarbonyl (C=S) groups is 1. The minimum absolute atomic E-state index is 0.0561. The Balaban J connectivity index is 2.08. The van der Waals surface area contributed by atoms with Gasteiger partial charge in [0.05, 0.1) is 0 Å². The van der Waals surface area contributed by atoms with E-state index >= 15 is 0 Å². The Kier molecular flexibility index (Phi) is 4.94. The topological polar surface area (TPSA) is 46.3 Å². The summed E-state index contributed by atoms with van der Waals surface area (Å²) in [4.78, 5) is 14.3. The average molecular weight is 319 g/mol. The summed E-state index contributed by atoms with van der Waals surface area (Å²) in [6.07, 6.45) is 0. The van der Waals surface area contributed by atoms with Crippen LogP contribution in [0.5, 0.6) is 0 Å². The van der Waals surface area contributed by atoms with Crippen molar-refractivity contribution < 1.29 is 4.79 Å². The van der Waals surface area contributed by atoms with Gasteiger partial charge in [0.25, 0.3) is 5.91 Å². The Labute approximate surface area is 134 Å². The maximum absolute atomic E-state index is 12.3. The van der Waals surface area contributed by atoms with Crippen molar-refractivity contribution in [3.63, 3.8) is 0 Å². The molecule has 0 aliphatic carbocycles. The van der Waals surface area contributed by atoms with Crippen LogP contribution in [0.3, 0.4) is 0 Å². The zero-order valence-electron chi connectivity index (χ0n) is 11.5. The highest BCUT2D eigenvalue weighted by molar-refractivity contribution is 7.80. The molecule has 0 bridgehead atoms. The van der Waals surface area contributed by atoms with Crippen LogP contribution in [0.2, 0.25) is 5.02 Å². The predicted octanol–water partition coefficient (Wildman–Crippen LogP) is 3.25. The van der Waals surface area contributed by atoms with E-state index in [9.17, 15) is 4.79 Å². The van der Waals surface area contributed by atoms with Gasteiger partial charge in [0.15, 0.2) is 0 Å². The zero-order chi connectivity index (χ0) is 15.4. The molecule has 21 heavy (non-hydrogen) atoms. The first-order valence-corrected chi connectivity index (χ1v) is 7.16. The van der Waals surface area contributed by atoms with Crippen LogP contribution in [0.1, 0.15) is 21.5 Å². The third-order valence-corrected chi connectivity index (χ3v) is 3.58. The molecule has 0 aliphatic heterocycles. The molecule has 5 heteroatoms. The van der Waals surface area contributed by atoms with Crippen LogP contribution >= 0.6 is 23.8 Å². The van der Waals surface area contributed by atoms with Gasteiger partial charge in [-0.1, -0.05) is 48.1 Å². The summed E-state index contributed by atoms with van der Waals surface area (Å²) in [5.41, 5.74) is 7.92. The van der Waals surface area contributed by atoms with Gasteiger partial charge in [-0.15, -0.1) is 0 Å². The van der Waals surface area contributed by atoms with Crippen LogP contribution in [-0.4, -0.2) is 22.8 Å². The van der Waals surface area contributed by atoms with Crippen molar-refractivity contribution in [2.75, 3.05) is 7.05 Å². The number of halogens is 1. The van der Waals surface area contributed by atoms with Gasteiger partial charge in [0, 0.05) is 29.7 Å². The van der Waals surface area contributed by atoms with Crippen molar-refractivity contribution in [1.29, 1.82) is 0 Å². The molecule has 0 atom stereocenters. The number of hydrogen-bond acceptors (Lipinski definition) is 2. The number of benzene rings is 2. The summed E-state index contributed by atoms with van der Waals surface area (Å²) in [7, 11) is 1.76. The molecule has 0 heterocycles. The summed E-state index contributed by atoms with van der Waals surface area (Å²) in [6.45, 7) is 0.521. The molecular weight excluding hydrogens is 304 g/mol. The Morgan fingerprint density at radius 3 is 2.14 bits per heavy atom. The van der Waals surface area contributed by atoms with E-state index in [1.54, 1.807) is 36.2 Å². The average Bonchev–Trinajstić information content (AvgIpc) is 2.49. The maximum atomic E-state index is 12.3. The molecule has 0 unspecified atom stereocenters. The molecule has 2 rings (SSSR count). The fraction of sp³-hybridized carbons (Fsp3) is 0.125. The monoisotopic (exact) mass is 318 g/mol. The molecule has 0 aromatic heterocycles. The number of amides is 1. The lowest BCUT2D eigenvalue weighted by Crippen LogP contribution is -2.26. The van der Waals surface area contributed by atoms with Crippen molar-refractivity contribution in [3.8, 4) is 0 Å². The molecule has 0 aliphatic rings. The maximum Gasteiger partial charge on any atom is 0.253 e. The van der Waals surface area contributed by atoms with Gasteiger partial charge in [-0.05, 0) is 29.8 Å². The smallest absolute Gasteiger partial charge is 0.253 e. The highest BCUT2D eigenvalue weighted by atomic mass is 35.5. The Morgan fingerprint density at radius 2 is 1.62 bits per heavy atom. The molecule has 2 N–H and O–H groups in total. The van der Waals surface area contributed by atoms with E-state index in [0.29, 0.717) is 22.1 Å². The van der Waals surface area contributed by atoms with Crippen LogP contribution in [0.15, 0.2) is 48.5 Å². The SMILES string of the molecule is CN(Cc1ccc(Cl)cc1)C(=O)c1ccc(C(N)=S)cc1. The van der Waals surface area contributed by atoms with Crippen molar-refractivity contribution in [3.05, 3.63) is 70.2 Å². The molecule has 0 spiro atoms. The lowest BCUT2D eigenvalue weighted by atomic mass is 10.1. The molecule has 108 valence electrons. The Hall–Kier alpha value is -1.91. The summed E-state index contributed by atoms with van der Waals surface area (Å²) < 4.78 is 0. The van der Waals surface area contributed by atoms with Crippen molar-refractivity contribution in [1.82, 2.24) is 4.90 Å². The van der Waals surface area contributed by atoms with Gasteiger partial charge in [0.2, 0.25) is 0 Å². The van der Waals surface area contributed by atoms with E-state index in [-0.39, 0.29) is 5.91 Å². The minimum Gasteiger partial charge on any atom is -0.389 e. The van der Waals surface area contributed by atoms with Gasteiger partial charge >= 0.3 is 0 Å². The lowest BCUT2D eigenvalue weighted by Gasteiger charge is -2.17. The third kappa shape index (κ3) is 4.03. The fourth-order valence-corrected chi connectivity index (χ4v) is 2.20. The van der Waals surface area contributed by atoms with Crippen molar-refractivity contribution in [2.24, 2.45) is 5.73 Å². The van der Waals surface area contributed by atoms with Gasteiger partial charge in [-0.2, -0.15) is 0 Å². The van der Waals surface area contributed by atoms with Gasteiger partial charge in [-0.3, -0.25) is 4.79 Å². The van der Waals surface area contributed by atoms with E-state index in [0.717, 1.165) is 11.1 Å². The van der Waals surface area contributed by atoms with E-state index in [2.05, 4.69) is 0 Å². The quantitative estimate of drug-likeness (QED) is 0.880. The molecule has 0 saturated carbocycles. The second-order valence-corrected chi connectivity index (χ2v) is 5.61. The number of nitrogens with zero attached hydrogens (tertiary/aromatic N) is 1. The molecule has 3 nitrogen and oxygen atoms in total. The molecule has 0 saturated heterocycles. The highest BCUT2D eigenvalue weighted by Gasteiger charge is 2.12. The van der Waals surface area contributed by atoms with E-state index in [1.165, 1.54) is 0 Å². The van der Waals surface area contributed by atoms with Crippen molar-refractivity contribution in [2.45, 2.75) is 6.54 Å². The van der Waals surface area contributed by atoms with E-state index in [1.807, 2.05) is 24.3 Å². The van der Waals surface area contributed by atoms with E-state index < -0.39 is 0 Å². The first-order valence-electron chi connectivity index (χ1n) is 6.37. The molecule has 0 fully saturated rings. The largest absolute Gasteiger partial charge is 0.389 e. The normalized spacial score (nSPS) is 10.2. The number of hydrogen-bond donors (Lipinski definition) is 1. The van der Waals surface area contributed by atoms with Crippen LogP contribution in [-0.2, 0) is 6.54 Å². The number of rotatable bonds is 4.